The molecular weight excluding hydrogens is 260 g/mol. The van der Waals surface area contributed by atoms with Crippen LogP contribution < -0.4 is 0 Å². The summed E-state index contributed by atoms with van der Waals surface area (Å²) in [5, 5.41) is 19.4. The lowest BCUT2D eigenvalue weighted by atomic mass is 9.98. The largest absolute Gasteiger partial charge is 0.481 e. The second-order valence-electron chi connectivity index (χ2n) is 6.19. The fourth-order valence-corrected chi connectivity index (χ4v) is 3.29. The fraction of sp³-hybridized carbons (Fsp3) is 0.857. The van der Waals surface area contributed by atoms with Crippen molar-refractivity contribution >= 4 is 12.0 Å². The minimum atomic E-state index is -0.834. The summed E-state index contributed by atoms with van der Waals surface area (Å²) in [6.07, 6.45) is 4.84. The molecule has 0 unspecified atom stereocenters. The van der Waals surface area contributed by atoms with Crippen molar-refractivity contribution in [2.45, 2.75) is 44.1 Å². The number of carbonyl (C=O) groups is 2. The number of likely N-dealkylation sites (tertiary alicyclic amines) is 1. The third-order valence-electron chi connectivity index (χ3n) is 4.43. The maximum absolute atomic E-state index is 12.3. The number of likely N-dealkylation sites (N-methyl/N-ethyl adjacent to an activating group) is 1. The molecule has 0 aromatic carbocycles. The summed E-state index contributed by atoms with van der Waals surface area (Å²) in [4.78, 5) is 26.5. The molecule has 0 spiro atoms. The third-order valence-corrected chi connectivity index (χ3v) is 4.43. The third kappa shape index (κ3) is 3.42. The van der Waals surface area contributed by atoms with Crippen molar-refractivity contribution in [1.29, 1.82) is 0 Å². The smallest absolute Gasteiger partial charge is 0.319 e. The van der Waals surface area contributed by atoms with Crippen molar-refractivity contribution in [3.05, 3.63) is 0 Å². The van der Waals surface area contributed by atoms with Crippen LogP contribution in [0.25, 0.3) is 0 Å². The van der Waals surface area contributed by atoms with E-state index in [9.17, 15) is 14.7 Å². The lowest BCUT2D eigenvalue weighted by Crippen LogP contribution is -2.51. The molecular formula is C14H24N2O4. The van der Waals surface area contributed by atoms with E-state index in [1.54, 1.807) is 11.9 Å². The zero-order valence-electron chi connectivity index (χ0n) is 12.0. The van der Waals surface area contributed by atoms with Crippen LogP contribution in [-0.4, -0.2) is 64.3 Å². The molecule has 6 heteroatoms. The van der Waals surface area contributed by atoms with Gasteiger partial charge in [-0.2, -0.15) is 0 Å². The second kappa shape index (κ2) is 5.99. The molecule has 2 N–H and O–H groups in total. The fourth-order valence-electron chi connectivity index (χ4n) is 3.29. The van der Waals surface area contributed by atoms with Gasteiger partial charge in [0.1, 0.15) is 0 Å². The van der Waals surface area contributed by atoms with Crippen molar-refractivity contribution in [3.8, 4) is 0 Å². The van der Waals surface area contributed by atoms with Gasteiger partial charge in [0.25, 0.3) is 0 Å². The Kier molecular flexibility index (Phi) is 4.52. The van der Waals surface area contributed by atoms with Gasteiger partial charge >= 0.3 is 12.0 Å². The van der Waals surface area contributed by atoms with E-state index in [4.69, 9.17) is 5.11 Å². The predicted molar refractivity (Wildman–Crippen MR) is 73.4 cm³/mol. The highest BCUT2D eigenvalue weighted by molar-refractivity contribution is 5.76. The molecule has 0 bridgehead atoms. The Balaban J connectivity index is 1.91. The number of carboxylic acids is 1. The molecule has 2 aliphatic rings. The lowest BCUT2D eigenvalue weighted by Gasteiger charge is -2.36. The number of nitrogens with zero attached hydrogens (tertiary/aromatic N) is 2. The van der Waals surface area contributed by atoms with E-state index in [1.165, 1.54) is 4.90 Å². The first-order valence-corrected chi connectivity index (χ1v) is 7.36. The number of carboxylic acid groups (broad SMARTS) is 1. The van der Waals surface area contributed by atoms with Crippen molar-refractivity contribution < 1.29 is 19.8 Å². The van der Waals surface area contributed by atoms with Crippen LogP contribution in [-0.2, 0) is 4.79 Å². The van der Waals surface area contributed by atoms with E-state index in [1.807, 2.05) is 0 Å². The van der Waals surface area contributed by atoms with E-state index < -0.39 is 17.5 Å². The molecule has 0 aromatic rings. The van der Waals surface area contributed by atoms with Crippen LogP contribution in [0.5, 0.6) is 0 Å². The van der Waals surface area contributed by atoms with Gasteiger partial charge in [0.05, 0.1) is 18.1 Å². The Labute approximate surface area is 119 Å². The van der Waals surface area contributed by atoms with Gasteiger partial charge in [-0.25, -0.2) is 4.79 Å². The Morgan fingerprint density at radius 3 is 2.55 bits per heavy atom. The maximum atomic E-state index is 12.3. The quantitative estimate of drug-likeness (QED) is 0.814. The van der Waals surface area contributed by atoms with Crippen LogP contribution in [0.3, 0.4) is 0 Å². The first kappa shape index (κ1) is 15.1. The molecule has 1 heterocycles. The van der Waals surface area contributed by atoms with E-state index in [-0.39, 0.29) is 12.6 Å². The number of urea groups is 1. The number of piperidine rings is 1. The summed E-state index contributed by atoms with van der Waals surface area (Å²) < 4.78 is 0. The first-order chi connectivity index (χ1) is 9.41. The van der Waals surface area contributed by atoms with Crippen LogP contribution in [0.1, 0.15) is 38.5 Å². The minimum absolute atomic E-state index is 0.170. The lowest BCUT2D eigenvalue weighted by molar-refractivity contribution is -0.143. The van der Waals surface area contributed by atoms with Gasteiger partial charge < -0.3 is 20.0 Å². The van der Waals surface area contributed by atoms with Gasteiger partial charge in [-0.05, 0) is 25.7 Å². The van der Waals surface area contributed by atoms with E-state index in [2.05, 4.69) is 0 Å². The molecule has 0 aromatic heterocycles. The van der Waals surface area contributed by atoms with Crippen LogP contribution in [0.15, 0.2) is 0 Å². The number of aliphatic carboxylic acids is 1. The summed E-state index contributed by atoms with van der Waals surface area (Å²) in [5.41, 5.74) is -0.758. The summed E-state index contributed by atoms with van der Waals surface area (Å²) in [5.74, 6) is -1.30. The summed E-state index contributed by atoms with van der Waals surface area (Å²) in [7, 11) is 1.68. The monoisotopic (exact) mass is 284 g/mol. The van der Waals surface area contributed by atoms with Crippen molar-refractivity contribution in [2.75, 3.05) is 26.7 Å². The SMILES string of the molecule is CN(CC1(O)CCCC1)C(=O)N1CCC[C@@H](C(=O)O)C1. The van der Waals surface area contributed by atoms with Crippen molar-refractivity contribution in [3.63, 3.8) is 0 Å². The molecule has 2 fully saturated rings. The zero-order chi connectivity index (χ0) is 14.8. The highest BCUT2D eigenvalue weighted by Gasteiger charge is 2.35. The van der Waals surface area contributed by atoms with Gasteiger partial charge in [0, 0.05) is 20.1 Å². The average Bonchev–Trinajstić information content (AvgIpc) is 2.84. The number of amides is 2. The van der Waals surface area contributed by atoms with E-state index in [0.29, 0.717) is 19.5 Å². The van der Waals surface area contributed by atoms with Crippen molar-refractivity contribution in [1.82, 2.24) is 9.80 Å². The van der Waals surface area contributed by atoms with E-state index in [0.717, 1.165) is 32.1 Å². The minimum Gasteiger partial charge on any atom is -0.481 e. The van der Waals surface area contributed by atoms with Crippen LogP contribution >= 0.6 is 0 Å². The highest BCUT2D eigenvalue weighted by Crippen LogP contribution is 2.30. The van der Waals surface area contributed by atoms with Gasteiger partial charge in [0.15, 0.2) is 0 Å². The first-order valence-electron chi connectivity index (χ1n) is 7.36. The molecule has 1 aliphatic carbocycles. The molecule has 114 valence electrons. The Morgan fingerprint density at radius 2 is 1.95 bits per heavy atom. The summed E-state index contributed by atoms with van der Waals surface area (Å²) in [6.45, 7) is 1.21. The molecule has 1 saturated carbocycles. The van der Waals surface area contributed by atoms with Gasteiger partial charge in [-0.3, -0.25) is 4.79 Å². The molecule has 1 saturated heterocycles. The zero-order valence-corrected chi connectivity index (χ0v) is 12.0. The molecule has 2 amide bonds. The molecule has 0 radical (unpaired) electrons. The molecule has 1 aliphatic heterocycles. The molecule has 20 heavy (non-hydrogen) atoms. The normalized spacial score (nSPS) is 25.5. The highest BCUT2D eigenvalue weighted by atomic mass is 16.4. The topological polar surface area (TPSA) is 81.1 Å². The molecule has 2 rings (SSSR count). The van der Waals surface area contributed by atoms with Crippen LogP contribution in [0, 0.1) is 5.92 Å². The summed E-state index contributed by atoms with van der Waals surface area (Å²) in [6, 6.07) is -0.170. The van der Waals surface area contributed by atoms with Crippen molar-refractivity contribution in [2.24, 2.45) is 5.92 Å². The number of hydrogen-bond donors (Lipinski definition) is 2. The van der Waals surface area contributed by atoms with Gasteiger partial charge in [-0.15, -0.1) is 0 Å². The predicted octanol–water partition coefficient (Wildman–Crippen LogP) is 1.14. The molecule has 1 atom stereocenters. The Bertz CT molecular complexity index is 379. The average molecular weight is 284 g/mol. The van der Waals surface area contributed by atoms with Gasteiger partial charge in [0.2, 0.25) is 0 Å². The number of aliphatic hydroxyl groups is 1. The maximum Gasteiger partial charge on any atom is 0.319 e. The van der Waals surface area contributed by atoms with E-state index >= 15 is 0 Å². The molecule has 6 nitrogen and oxygen atoms in total. The van der Waals surface area contributed by atoms with Crippen LogP contribution in [0.4, 0.5) is 4.79 Å². The summed E-state index contributed by atoms with van der Waals surface area (Å²) >= 11 is 0. The number of hydrogen-bond acceptors (Lipinski definition) is 3. The standard InChI is InChI=1S/C14H24N2O4/c1-15(10-14(20)6-2-3-7-14)13(19)16-8-4-5-11(9-16)12(17)18/h11,20H,2-10H2,1H3,(H,17,18)/t11-/m1/s1. The Morgan fingerprint density at radius 1 is 1.30 bits per heavy atom. The van der Waals surface area contributed by atoms with Gasteiger partial charge in [-0.1, -0.05) is 12.8 Å². The number of carbonyl (C=O) groups excluding carboxylic acids is 1. The van der Waals surface area contributed by atoms with Crippen LogP contribution in [0.2, 0.25) is 0 Å². The second-order valence-corrected chi connectivity index (χ2v) is 6.19. The number of rotatable bonds is 3. The Hall–Kier alpha value is -1.30.